The van der Waals surface area contributed by atoms with Gasteiger partial charge in [0.05, 0.1) is 12.7 Å². The van der Waals surface area contributed by atoms with Crippen LogP contribution >= 0.6 is 0 Å². The second-order valence-electron chi connectivity index (χ2n) is 4.32. The highest BCUT2D eigenvalue weighted by Gasteiger charge is 2.26. The summed E-state index contributed by atoms with van der Waals surface area (Å²) in [6, 6.07) is 0.655. The molecule has 0 N–H and O–H groups in total. The molecule has 0 aliphatic carbocycles. The van der Waals surface area contributed by atoms with Gasteiger partial charge in [-0.2, -0.15) is 0 Å². The Bertz CT molecular complexity index is 136. The maximum Gasteiger partial charge on any atom is 0.0625 e. The van der Waals surface area contributed by atoms with E-state index in [0.717, 1.165) is 12.5 Å². The summed E-state index contributed by atoms with van der Waals surface area (Å²) in [4.78, 5) is 2.41. The molecule has 2 nitrogen and oxygen atoms in total. The summed E-state index contributed by atoms with van der Waals surface area (Å²) < 4.78 is 5.60. The summed E-state index contributed by atoms with van der Waals surface area (Å²) in [5.74, 6) is 0.843. The molecular formula is C10H21NO. The third-order valence-corrected chi connectivity index (χ3v) is 2.52. The SMILES string of the molecule is CC1C[C@@H](COC(C)C)N(C)C1. The summed E-state index contributed by atoms with van der Waals surface area (Å²) >= 11 is 0. The maximum absolute atomic E-state index is 5.60. The van der Waals surface area contributed by atoms with Crippen molar-refractivity contribution in [3.05, 3.63) is 0 Å². The molecule has 72 valence electrons. The Kier molecular flexibility index (Phi) is 3.53. The third kappa shape index (κ3) is 2.76. The average Bonchev–Trinajstić information content (AvgIpc) is 2.26. The second-order valence-corrected chi connectivity index (χ2v) is 4.32. The number of hydrogen-bond donors (Lipinski definition) is 0. The molecule has 0 saturated carbocycles. The van der Waals surface area contributed by atoms with Crippen molar-refractivity contribution in [3.8, 4) is 0 Å². The molecule has 0 aromatic rings. The number of hydrogen-bond acceptors (Lipinski definition) is 2. The molecule has 12 heavy (non-hydrogen) atoms. The minimum Gasteiger partial charge on any atom is -0.377 e. The predicted octanol–water partition coefficient (Wildman–Crippen LogP) is 1.75. The predicted molar refractivity (Wildman–Crippen MR) is 51.3 cm³/mol. The third-order valence-electron chi connectivity index (χ3n) is 2.52. The lowest BCUT2D eigenvalue weighted by molar-refractivity contribution is 0.0431. The molecule has 0 radical (unpaired) electrons. The second kappa shape index (κ2) is 4.24. The molecule has 1 rings (SSSR count). The number of likely N-dealkylation sites (N-methyl/N-ethyl adjacent to an activating group) is 1. The van der Waals surface area contributed by atoms with Crippen LogP contribution in [0.4, 0.5) is 0 Å². The van der Waals surface area contributed by atoms with Gasteiger partial charge in [0.2, 0.25) is 0 Å². The van der Waals surface area contributed by atoms with E-state index in [-0.39, 0.29) is 0 Å². The van der Waals surface area contributed by atoms with Crippen molar-refractivity contribution in [1.29, 1.82) is 0 Å². The summed E-state index contributed by atoms with van der Waals surface area (Å²) in [5, 5.41) is 0. The van der Waals surface area contributed by atoms with Crippen LogP contribution in [0.2, 0.25) is 0 Å². The highest BCUT2D eigenvalue weighted by Crippen LogP contribution is 2.21. The van der Waals surface area contributed by atoms with Crippen molar-refractivity contribution in [2.24, 2.45) is 5.92 Å². The Balaban J connectivity index is 2.23. The van der Waals surface area contributed by atoms with Gasteiger partial charge < -0.3 is 9.64 Å². The zero-order valence-electron chi connectivity index (χ0n) is 8.71. The Morgan fingerprint density at radius 1 is 1.50 bits per heavy atom. The van der Waals surface area contributed by atoms with Crippen LogP contribution in [0, 0.1) is 5.92 Å². The van der Waals surface area contributed by atoms with Crippen LogP contribution in [0.5, 0.6) is 0 Å². The fourth-order valence-corrected chi connectivity index (χ4v) is 1.86. The molecule has 1 saturated heterocycles. The first-order valence-corrected chi connectivity index (χ1v) is 4.91. The van der Waals surface area contributed by atoms with Gasteiger partial charge in [0, 0.05) is 12.6 Å². The summed E-state index contributed by atoms with van der Waals surface area (Å²) in [7, 11) is 2.19. The Hall–Kier alpha value is -0.0800. The standard InChI is InChI=1S/C10H21NO/c1-8(2)12-7-10-5-9(3)6-11(10)4/h8-10H,5-7H2,1-4H3/t9?,10-/m0/s1. The van der Waals surface area contributed by atoms with Gasteiger partial charge in [-0.15, -0.1) is 0 Å². The number of rotatable bonds is 3. The van der Waals surface area contributed by atoms with Gasteiger partial charge in [-0.3, -0.25) is 0 Å². The number of nitrogens with zero attached hydrogens (tertiary/aromatic N) is 1. The molecule has 0 aromatic heterocycles. The quantitative estimate of drug-likeness (QED) is 0.641. The fraction of sp³-hybridized carbons (Fsp3) is 1.00. The van der Waals surface area contributed by atoms with E-state index in [4.69, 9.17) is 4.74 Å². The Morgan fingerprint density at radius 2 is 2.17 bits per heavy atom. The van der Waals surface area contributed by atoms with Crippen LogP contribution in [0.1, 0.15) is 27.2 Å². The van der Waals surface area contributed by atoms with Gasteiger partial charge >= 0.3 is 0 Å². The van der Waals surface area contributed by atoms with Gasteiger partial charge in [0.15, 0.2) is 0 Å². The lowest BCUT2D eigenvalue weighted by Gasteiger charge is -2.20. The minimum absolute atomic E-state index is 0.370. The van der Waals surface area contributed by atoms with Crippen LogP contribution in [0.3, 0.4) is 0 Å². The van der Waals surface area contributed by atoms with E-state index in [9.17, 15) is 0 Å². The molecule has 0 aromatic carbocycles. The minimum atomic E-state index is 0.370. The monoisotopic (exact) mass is 171 g/mol. The van der Waals surface area contributed by atoms with E-state index in [0.29, 0.717) is 12.1 Å². The molecule has 1 fully saturated rings. The van der Waals surface area contributed by atoms with E-state index < -0.39 is 0 Å². The highest BCUT2D eigenvalue weighted by atomic mass is 16.5. The first-order valence-electron chi connectivity index (χ1n) is 4.91. The van der Waals surface area contributed by atoms with E-state index >= 15 is 0 Å². The van der Waals surface area contributed by atoms with Crippen molar-refractivity contribution >= 4 is 0 Å². The summed E-state index contributed by atoms with van der Waals surface area (Å²) in [6.45, 7) is 8.63. The number of likely N-dealkylation sites (tertiary alicyclic amines) is 1. The van der Waals surface area contributed by atoms with Crippen LogP contribution < -0.4 is 0 Å². The van der Waals surface area contributed by atoms with Crippen molar-refractivity contribution < 1.29 is 4.74 Å². The topological polar surface area (TPSA) is 12.5 Å². The summed E-state index contributed by atoms with van der Waals surface area (Å²) in [6.07, 6.45) is 1.66. The van der Waals surface area contributed by atoms with Crippen LogP contribution in [0.25, 0.3) is 0 Å². The van der Waals surface area contributed by atoms with Gasteiger partial charge in [-0.25, -0.2) is 0 Å². The first kappa shape index (κ1) is 10.0. The Labute approximate surface area is 75.9 Å². The molecule has 2 atom stereocenters. The summed E-state index contributed by atoms with van der Waals surface area (Å²) in [5.41, 5.74) is 0. The van der Waals surface area contributed by atoms with Crippen LogP contribution in [-0.2, 0) is 4.74 Å². The van der Waals surface area contributed by atoms with Crippen LogP contribution in [-0.4, -0.2) is 37.2 Å². The normalized spacial score (nSPS) is 31.8. The van der Waals surface area contributed by atoms with Gasteiger partial charge in [-0.05, 0) is 33.2 Å². The molecular weight excluding hydrogens is 150 g/mol. The zero-order valence-corrected chi connectivity index (χ0v) is 8.71. The van der Waals surface area contributed by atoms with Gasteiger partial charge in [-0.1, -0.05) is 6.92 Å². The van der Waals surface area contributed by atoms with Crippen LogP contribution in [0.15, 0.2) is 0 Å². The molecule has 1 heterocycles. The molecule has 0 amide bonds. The largest absolute Gasteiger partial charge is 0.377 e. The molecule has 1 unspecified atom stereocenters. The van der Waals surface area contributed by atoms with Crippen molar-refractivity contribution in [2.75, 3.05) is 20.2 Å². The van der Waals surface area contributed by atoms with Crippen molar-refractivity contribution in [2.45, 2.75) is 39.3 Å². The zero-order chi connectivity index (χ0) is 9.14. The Morgan fingerprint density at radius 3 is 2.58 bits per heavy atom. The van der Waals surface area contributed by atoms with Crippen molar-refractivity contribution in [1.82, 2.24) is 4.90 Å². The number of ether oxygens (including phenoxy) is 1. The van der Waals surface area contributed by atoms with E-state index in [1.165, 1.54) is 13.0 Å². The van der Waals surface area contributed by atoms with Crippen molar-refractivity contribution in [3.63, 3.8) is 0 Å². The molecule has 1 aliphatic rings. The first-order chi connectivity index (χ1) is 5.59. The lowest BCUT2D eigenvalue weighted by atomic mass is 10.1. The lowest BCUT2D eigenvalue weighted by Crippen LogP contribution is -2.30. The maximum atomic E-state index is 5.60. The molecule has 2 heteroatoms. The smallest absolute Gasteiger partial charge is 0.0625 e. The molecule has 0 bridgehead atoms. The highest BCUT2D eigenvalue weighted by molar-refractivity contribution is 4.80. The molecule has 0 spiro atoms. The average molecular weight is 171 g/mol. The van der Waals surface area contributed by atoms with Gasteiger partial charge in [0.25, 0.3) is 0 Å². The van der Waals surface area contributed by atoms with E-state index in [1.54, 1.807) is 0 Å². The van der Waals surface area contributed by atoms with Gasteiger partial charge in [0.1, 0.15) is 0 Å². The van der Waals surface area contributed by atoms with E-state index in [1.807, 2.05) is 0 Å². The molecule has 1 aliphatic heterocycles. The fourth-order valence-electron chi connectivity index (χ4n) is 1.86. The van der Waals surface area contributed by atoms with E-state index in [2.05, 4.69) is 32.7 Å².